The Morgan fingerprint density at radius 2 is 1.06 bits per heavy atom. The van der Waals surface area contributed by atoms with E-state index in [9.17, 15) is 0 Å². The number of hydrogen-bond acceptors (Lipinski definition) is 0. The minimum atomic E-state index is 0. The molecular formula is C50H62Cl2SiZr-4. The summed E-state index contributed by atoms with van der Waals surface area (Å²) in [7, 11) is 0. The zero-order valence-electron chi connectivity index (χ0n) is 33.6. The zero-order valence-corrected chi connectivity index (χ0v) is 38.7. The van der Waals surface area contributed by atoms with Crippen molar-refractivity contribution in [3.8, 4) is 22.3 Å². The van der Waals surface area contributed by atoms with Crippen molar-refractivity contribution >= 4 is 53.2 Å². The molecule has 0 unspecified atom stereocenters. The average Bonchev–Trinajstić information content (AvgIpc) is 3.81. The number of fused-ring (bicyclic) bond motifs is 2. The van der Waals surface area contributed by atoms with Gasteiger partial charge < -0.3 is 14.9 Å². The van der Waals surface area contributed by atoms with Gasteiger partial charge in [0.2, 0.25) is 0 Å². The van der Waals surface area contributed by atoms with E-state index >= 15 is 0 Å². The maximum atomic E-state index is 3.06. The summed E-state index contributed by atoms with van der Waals surface area (Å²) in [5, 5.41) is 5.59. The first-order valence-corrected chi connectivity index (χ1v) is 23.4. The van der Waals surface area contributed by atoms with Crippen molar-refractivity contribution in [2.75, 3.05) is 0 Å². The molecule has 2 radical (unpaired) electrons. The van der Waals surface area contributed by atoms with Crippen LogP contribution < -0.4 is 0 Å². The van der Waals surface area contributed by atoms with E-state index in [1.54, 1.807) is 5.56 Å². The van der Waals surface area contributed by atoms with Crippen molar-refractivity contribution in [3.05, 3.63) is 146 Å². The van der Waals surface area contributed by atoms with Gasteiger partial charge in [0.05, 0.1) is 0 Å². The molecule has 54 heavy (non-hydrogen) atoms. The predicted octanol–water partition coefficient (Wildman–Crippen LogP) is 15.8. The summed E-state index contributed by atoms with van der Waals surface area (Å²) in [6.45, 7) is 12.1. The Morgan fingerprint density at radius 3 is 1.56 bits per heavy atom. The van der Waals surface area contributed by atoms with Crippen LogP contribution >= 0.6 is 24.8 Å². The molecule has 2 saturated carbocycles. The monoisotopic (exact) mass is 850 g/mol. The molecule has 288 valence electrons. The van der Waals surface area contributed by atoms with E-state index in [2.05, 4.69) is 144 Å². The van der Waals surface area contributed by atoms with E-state index in [-0.39, 0.29) is 45.1 Å². The van der Waals surface area contributed by atoms with Gasteiger partial charge >= 0.3 is 30.2 Å². The molecule has 0 saturated heterocycles. The van der Waals surface area contributed by atoms with Crippen LogP contribution in [0.4, 0.5) is 0 Å². The van der Waals surface area contributed by atoms with Crippen LogP contribution in [0.25, 0.3) is 43.8 Å². The Hall–Kier alpha value is -2.22. The molecule has 0 aromatic heterocycles. The van der Waals surface area contributed by atoms with E-state index in [1.165, 1.54) is 148 Å². The summed E-state index contributed by atoms with van der Waals surface area (Å²) in [6, 6.07) is 41.6. The molecular weight excluding hydrogens is 791 g/mol. The molecule has 0 bridgehead atoms. The number of aryl methyl sites for hydroxylation is 1. The third-order valence-corrected chi connectivity index (χ3v) is 11.4. The van der Waals surface area contributed by atoms with Crippen LogP contribution in [-0.2, 0) is 35.2 Å². The van der Waals surface area contributed by atoms with E-state index < -0.39 is 0 Å². The van der Waals surface area contributed by atoms with Gasteiger partial charge in [0.25, 0.3) is 0 Å². The molecule has 8 rings (SSSR count). The summed E-state index contributed by atoms with van der Waals surface area (Å²) < 4.78 is 0. The SMILES string of the molecule is CC(C)(C)c1ccc(-c2cccc3[cH-]c(C4CCCCC4)cc23)cc1.CCc1cc2c(-c3ccc(C4CCCCC4)cc3)cccc2[cH-]1.Cl.Cl.[CH3-].[CH3-].[Si]=[Zr]. The van der Waals surface area contributed by atoms with Gasteiger partial charge in [0, 0.05) is 0 Å². The van der Waals surface area contributed by atoms with Crippen LogP contribution in [-0.4, -0.2) is 6.88 Å². The molecule has 0 nitrogen and oxygen atoms in total. The van der Waals surface area contributed by atoms with Gasteiger partial charge in [-0.05, 0) is 71.6 Å². The van der Waals surface area contributed by atoms with Crippen molar-refractivity contribution < 1.29 is 23.3 Å². The minimum absolute atomic E-state index is 0. The summed E-state index contributed by atoms with van der Waals surface area (Å²) in [4.78, 5) is 0. The Morgan fingerprint density at radius 1 is 0.593 bits per heavy atom. The second-order valence-corrected chi connectivity index (χ2v) is 15.7. The fourth-order valence-electron chi connectivity index (χ4n) is 8.45. The molecule has 2 aliphatic carbocycles. The zero-order chi connectivity index (χ0) is 35.1. The standard InChI is InChI=1S/C25H29.C23H25.2CH3.2ClH.Si.Zr/c1-25(2,3)22-14-12-19(13-15-22)23-11-7-10-20-16-21(17-24(20)23)18-8-5-4-6-9-18;1-2-17-15-21-9-6-10-22(23(21)16-17)20-13-11-19(12-14-20)18-7-4-3-5-8-18;;;;;;/h7,10-18H,4-6,8-9H2,1-3H3;6,9-16,18H,2-5,7-8H2,1H3;2*1H3;2*1H;;/q4*-1;;;;. The number of benzene rings is 4. The average molecular weight is 853 g/mol. The quantitative estimate of drug-likeness (QED) is 0.120. The Kier molecular flexibility index (Phi) is 20.0. The Bertz CT molecular complexity index is 1960. The van der Waals surface area contributed by atoms with Crippen LogP contribution in [0.15, 0.2) is 109 Å². The van der Waals surface area contributed by atoms with Gasteiger partial charge in [0.1, 0.15) is 0 Å². The van der Waals surface area contributed by atoms with E-state index in [1.807, 2.05) is 0 Å². The van der Waals surface area contributed by atoms with Gasteiger partial charge in [-0.2, -0.15) is 12.1 Å². The van der Waals surface area contributed by atoms with Crippen molar-refractivity contribution in [2.45, 2.75) is 116 Å². The first-order valence-electron chi connectivity index (χ1n) is 19.2. The first kappa shape index (κ1) is 47.9. The topological polar surface area (TPSA) is 0 Å². The summed E-state index contributed by atoms with van der Waals surface area (Å²) in [6.07, 6.45) is 15.0. The van der Waals surface area contributed by atoms with Crippen LogP contribution in [0, 0.1) is 14.9 Å². The summed E-state index contributed by atoms with van der Waals surface area (Å²) in [5.41, 5.74) is 11.6. The predicted molar refractivity (Wildman–Crippen MR) is 243 cm³/mol. The molecule has 6 aromatic rings. The molecule has 0 atom stereocenters. The first-order chi connectivity index (χ1) is 24.4. The second-order valence-electron chi connectivity index (χ2n) is 15.7. The molecule has 0 amide bonds. The maximum absolute atomic E-state index is 3.06. The van der Waals surface area contributed by atoms with Gasteiger partial charge in [-0.15, -0.1) is 93.9 Å². The van der Waals surface area contributed by atoms with Crippen molar-refractivity contribution in [3.63, 3.8) is 0 Å². The number of halogens is 2. The number of hydrogen-bond donors (Lipinski definition) is 0. The Balaban J connectivity index is 0.000000334. The molecule has 0 N–H and O–H groups in total. The molecule has 0 heterocycles. The van der Waals surface area contributed by atoms with E-state index in [4.69, 9.17) is 0 Å². The molecule has 0 spiro atoms. The van der Waals surface area contributed by atoms with Crippen molar-refractivity contribution in [1.29, 1.82) is 0 Å². The molecule has 0 aliphatic heterocycles. The van der Waals surface area contributed by atoms with E-state index in [0.29, 0.717) is 0 Å². The van der Waals surface area contributed by atoms with Gasteiger partial charge in [-0.3, -0.25) is 0 Å². The normalized spacial score (nSPS) is 14.5. The third kappa shape index (κ3) is 11.4. The second kappa shape index (κ2) is 22.5. The van der Waals surface area contributed by atoms with Crippen LogP contribution in [0.2, 0.25) is 0 Å². The Labute approximate surface area is 358 Å². The third-order valence-electron chi connectivity index (χ3n) is 11.4. The molecule has 4 heteroatoms. The fraction of sp³-hybridized carbons (Fsp3) is 0.360. The van der Waals surface area contributed by atoms with Crippen LogP contribution in [0.5, 0.6) is 0 Å². The molecule has 2 aliphatic rings. The fourth-order valence-corrected chi connectivity index (χ4v) is 8.45. The van der Waals surface area contributed by atoms with Gasteiger partial charge in [-0.1, -0.05) is 138 Å². The van der Waals surface area contributed by atoms with Gasteiger partial charge in [0.15, 0.2) is 0 Å². The summed E-state index contributed by atoms with van der Waals surface area (Å²) >= 11 is 1.36. The summed E-state index contributed by atoms with van der Waals surface area (Å²) in [5.74, 6) is 1.57. The molecule has 6 aromatic carbocycles. The number of rotatable bonds is 5. The van der Waals surface area contributed by atoms with Crippen LogP contribution in [0.3, 0.4) is 0 Å². The van der Waals surface area contributed by atoms with E-state index in [0.717, 1.165) is 18.3 Å². The van der Waals surface area contributed by atoms with Crippen LogP contribution in [0.1, 0.15) is 126 Å². The van der Waals surface area contributed by atoms with Crippen molar-refractivity contribution in [1.82, 2.24) is 0 Å². The van der Waals surface area contributed by atoms with Crippen molar-refractivity contribution in [2.24, 2.45) is 0 Å². The molecule has 2 fully saturated rings. The van der Waals surface area contributed by atoms with Gasteiger partial charge in [-0.25, -0.2) is 0 Å².